The van der Waals surface area contributed by atoms with E-state index in [0.29, 0.717) is 23.5 Å². The lowest BCUT2D eigenvalue weighted by Gasteiger charge is -2.42. The average Bonchev–Trinajstić information content (AvgIpc) is 2.80. The van der Waals surface area contributed by atoms with E-state index < -0.39 is 10.8 Å². The first kappa shape index (κ1) is 22.4. The minimum Gasteiger partial charge on any atom is -0.508 e. The number of hydrogen-bond acceptors (Lipinski definition) is 5. The number of nitriles is 1. The SMILES string of the molecule is CC1(c2ccc(O)cc2)CSc2cc(O)ccc2C1CS(=O)CCc1cccc(C#N)c1. The van der Waals surface area contributed by atoms with E-state index >= 15 is 0 Å². The molecule has 0 aliphatic carbocycles. The molecule has 0 aromatic heterocycles. The molecule has 0 fully saturated rings. The highest BCUT2D eigenvalue weighted by atomic mass is 32.2. The van der Waals surface area contributed by atoms with Gasteiger partial charge >= 0.3 is 0 Å². The highest BCUT2D eigenvalue weighted by Gasteiger charge is 2.42. The lowest BCUT2D eigenvalue weighted by atomic mass is 9.70. The number of nitrogens with zero attached hydrogens (tertiary/aromatic N) is 1. The van der Waals surface area contributed by atoms with Crippen molar-refractivity contribution in [3.8, 4) is 17.6 Å². The lowest BCUT2D eigenvalue weighted by Crippen LogP contribution is -2.39. The summed E-state index contributed by atoms with van der Waals surface area (Å²) in [7, 11) is -1.07. The van der Waals surface area contributed by atoms with Crippen LogP contribution in [0.3, 0.4) is 0 Å². The molecule has 6 heteroatoms. The Kier molecular flexibility index (Phi) is 6.59. The molecule has 3 aromatic carbocycles. The van der Waals surface area contributed by atoms with E-state index in [9.17, 15) is 14.4 Å². The summed E-state index contributed by atoms with van der Waals surface area (Å²) in [5.41, 5.74) is 3.58. The molecule has 0 radical (unpaired) electrons. The Balaban J connectivity index is 1.60. The molecule has 1 aliphatic heterocycles. The van der Waals surface area contributed by atoms with Crippen LogP contribution in [0.1, 0.15) is 35.1 Å². The van der Waals surface area contributed by atoms with Gasteiger partial charge in [0.05, 0.1) is 11.6 Å². The number of benzene rings is 3. The van der Waals surface area contributed by atoms with Crippen LogP contribution in [0.4, 0.5) is 0 Å². The van der Waals surface area contributed by atoms with E-state index in [-0.39, 0.29) is 22.8 Å². The van der Waals surface area contributed by atoms with Gasteiger partial charge in [0.15, 0.2) is 0 Å². The van der Waals surface area contributed by atoms with Gasteiger partial charge in [-0.1, -0.05) is 37.3 Å². The highest BCUT2D eigenvalue weighted by molar-refractivity contribution is 7.99. The summed E-state index contributed by atoms with van der Waals surface area (Å²) in [4.78, 5) is 1.03. The smallest absolute Gasteiger partial charge is 0.116 e. The van der Waals surface area contributed by atoms with E-state index in [1.165, 1.54) is 0 Å². The van der Waals surface area contributed by atoms with Crippen molar-refractivity contribution >= 4 is 22.6 Å². The summed E-state index contributed by atoms with van der Waals surface area (Å²) in [6.45, 7) is 2.19. The van der Waals surface area contributed by atoms with Crippen molar-refractivity contribution in [3.05, 3.63) is 89.0 Å². The summed E-state index contributed by atoms with van der Waals surface area (Å²) >= 11 is 1.70. The van der Waals surface area contributed by atoms with Crippen LogP contribution in [0.5, 0.6) is 11.5 Å². The number of thioether (sulfide) groups is 1. The number of aryl methyl sites for hydroxylation is 1. The first-order valence-electron chi connectivity index (χ1n) is 10.5. The summed E-state index contributed by atoms with van der Waals surface area (Å²) in [5, 5.41) is 28.8. The predicted octanol–water partition coefficient (Wildman–Crippen LogP) is 5.11. The van der Waals surface area contributed by atoms with Gasteiger partial charge in [-0.05, 0) is 59.5 Å². The zero-order valence-corrected chi connectivity index (χ0v) is 19.5. The molecule has 0 amide bonds. The minimum absolute atomic E-state index is 0.00942. The van der Waals surface area contributed by atoms with Gasteiger partial charge < -0.3 is 10.2 Å². The fourth-order valence-electron chi connectivity index (χ4n) is 4.31. The Morgan fingerprint density at radius 1 is 1.09 bits per heavy atom. The maximum Gasteiger partial charge on any atom is 0.116 e. The van der Waals surface area contributed by atoms with E-state index in [1.807, 2.05) is 36.4 Å². The van der Waals surface area contributed by atoms with Crippen molar-refractivity contribution in [2.45, 2.75) is 29.6 Å². The molecular formula is C26H25NO3S2. The molecule has 0 spiro atoms. The van der Waals surface area contributed by atoms with Crippen LogP contribution in [0, 0.1) is 11.3 Å². The van der Waals surface area contributed by atoms with Crippen LogP contribution in [0.25, 0.3) is 0 Å². The van der Waals surface area contributed by atoms with Crippen LogP contribution in [0.15, 0.2) is 71.6 Å². The first-order chi connectivity index (χ1) is 15.4. The molecule has 3 atom stereocenters. The largest absolute Gasteiger partial charge is 0.508 e. The van der Waals surface area contributed by atoms with Crippen molar-refractivity contribution < 1.29 is 14.4 Å². The molecule has 164 valence electrons. The molecule has 0 saturated heterocycles. The van der Waals surface area contributed by atoms with Crippen LogP contribution < -0.4 is 0 Å². The van der Waals surface area contributed by atoms with Gasteiger partial charge in [0.1, 0.15) is 11.5 Å². The monoisotopic (exact) mass is 463 g/mol. The molecule has 4 nitrogen and oxygen atoms in total. The van der Waals surface area contributed by atoms with Gasteiger partial charge in [-0.3, -0.25) is 4.21 Å². The second-order valence-electron chi connectivity index (χ2n) is 8.40. The van der Waals surface area contributed by atoms with Gasteiger partial charge in [0.25, 0.3) is 0 Å². The van der Waals surface area contributed by atoms with E-state index in [0.717, 1.165) is 27.3 Å². The lowest BCUT2D eigenvalue weighted by molar-refractivity contribution is 0.430. The van der Waals surface area contributed by atoms with E-state index in [4.69, 9.17) is 5.26 Å². The van der Waals surface area contributed by atoms with E-state index in [2.05, 4.69) is 13.0 Å². The molecule has 3 aromatic rings. The third-order valence-electron chi connectivity index (χ3n) is 6.22. The van der Waals surface area contributed by atoms with Crippen LogP contribution in [-0.2, 0) is 22.6 Å². The predicted molar refractivity (Wildman–Crippen MR) is 130 cm³/mol. The van der Waals surface area contributed by atoms with Gasteiger partial charge in [0, 0.05) is 44.3 Å². The van der Waals surface area contributed by atoms with Crippen molar-refractivity contribution in [2.75, 3.05) is 17.3 Å². The second kappa shape index (κ2) is 9.40. The van der Waals surface area contributed by atoms with Crippen molar-refractivity contribution in [2.24, 2.45) is 0 Å². The number of hydrogen-bond donors (Lipinski definition) is 2. The highest BCUT2D eigenvalue weighted by Crippen LogP contribution is 2.51. The normalized spacial score (nSPS) is 20.8. The topological polar surface area (TPSA) is 81.3 Å². The Hall–Kier alpha value is -2.75. The second-order valence-corrected chi connectivity index (χ2v) is 11.0. The molecule has 2 N–H and O–H groups in total. The molecule has 4 rings (SSSR count). The maximum atomic E-state index is 13.2. The molecular weight excluding hydrogens is 438 g/mol. The summed E-state index contributed by atoms with van der Waals surface area (Å²) in [6.07, 6.45) is 0.655. The first-order valence-corrected chi connectivity index (χ1v) is 13.0. The standard InChI is InChI=1S/C26H25NO3S2/c1-26(20-5-7-21(28)8-6-20)17-31-25-14-22(29)9-10-23(25)24(26)16-32(30)12-11-18-3-2-4-19(13-18)15-27/h2-10,13-14,24,28-29H,11-12,16-17H2,1H3. The Morgan fingerprint density at radius 3 is 2.59 bits per heavy atom. The molecule has 3 unspecified atom stereocenters. The zero-order chi connectivity index (χ0) is 22.7. The minimum atomic E-state index is -1.07. The molecule has 1 heterocycles. The maximum absolute atomic E-state index is 13.2. The number of phenols is 2. The van der Waals surface area contributed by atoms with Gasteiger partial charge in [-0.2, -0.15) is 5.26 Å². The van der Waals surface area contributed by atoms with Crippen molar-refractivity contribution in [1.82, 2.24) is 0 Å². The fraction of sp³-hybridized carbons (Fsp3) is 0.269. The summed E-state index contributed by atoms with van der Waals surface area (Å²) in [6, 6.07) is 22.4. The fourth-order valence-corrected chi connectivity index (χ4v) is 7.26. The third-order valence-corrected chi connectivity index (χ3v) is 9.00. The number of fused-ring (bicyclic) bond motifs is 1. The molecule has 32 heavy (non-hydrogen) atoms. The quantitative estimate of drug-likeness (QED) is 0.531. The van der Waals surface area contributed by atoms with E-state index in [1.54, 1.807) is 42.1 Å². The third kappa shape index (κ3) is 4.69. The van der Waals surface area contributed by atoms with Crippen LogP contribution in [-0.4, -0.2) is 31.7 Å². The van der Waals surface area contributed by atoms with Crippen molar-refractivity contribution in [1.29, 1.82) is 5.26 Å². The summed E-state index contributed by atoms with van der Waals surface area (Å²) < 4.78 is 13.2. The average molecular weight is 464 g/mol. The number of aromatic hydroxyl groups is 2. The molecule has 0 bridgehead atoms. The molecule has 0 saturated carbocycles. The Labute approximate surface area is 195 Å². The van der Waals surface area contributed by atoms with Crippen molar-refractivity contribution in [3.63, 3.8) is 0 Å². The number of rotatable bonds is 6. The Bertz CT molecular complexity index is 1190. The number of phenolic OH excluding ortho intramolecular Hbond substituents is 2. The Morgan fingerprint density at radius 2 is 1.84 bits per heavy atom. The van der Waals surface area contributed by atoms with Crippen LogP contribution >= 0.6 is 11.8 Å². The summed E-state index contributed by atoms with van der Waals surface area (Å²) in [5.74, 6) is 2.30. The molecule has 1 aliphatic rings. The van der Waals surface area contributed by atoms with Gasteiger partial charge in [0.2, 0.25) is 0 Å². The van der Waals surface area contributed by atoms with Crippen LogP contribution in [0.2, 0.25) is 0 Å². The van der Waals surface area contributed by atoms with Gasteiger partial charge in [-0.25, -0.2) is 0 Å². The zero-order valence-electron chi connectivity index (χ0n) is 17.8. The van der Waals surface area contributed by atoms with Gasteiger partial charge in [-0.15, -0.1) is 11.8 Å².